The van der Waals surface area contributed by atoms with Crippen LogP contribution in [0.1, 0.15) is 36.6 Å². The predicted molar refractivity (Wildman–Crippen MR) is 82.2 cm³/mol. The molecule has 0 radical (unpaired) electrons. The molecule has 1 atom stereocenters. The zero-order valence-electron chi connectivity index (χ0n) is 13.2. The summed E-state index contributed by atoms with van der Waals surface area (Å²) in [6.45, 7) is 10.6. The molecule has 4 nitrogen and oxygen atoms in total. The fourth-order valence-electron chi connectivity index (χ4n) is 3.07. The van der Waals surface area contributed by atoms with Crippen molar-refractivity contribution in [1.29, 1.82) is 0 Å². The summed E-state index contributed by atoms with van der Waals surface area (Å²) < 4.78 is 5.50. The van der Waals surface area contributed by atoms with Gasteiger partial charge in [-0.2, -0.15) is 0 Å². The number of nitrogens with zero attached hydrogens (tertiary/aromatic N) is 2. The molecule has 0 amide bonds. The molecular weight excluding hydrogens is 250 g/mol. The first-order chi connectivity index (χ1) is 9.67. The normalized spacial score (nSPS) is 19.5. The highest BCUT2D eigenvalue weighted by Crippen LogP contribution is 2.26. The third-order valence-electron chi connectivity index (χ3n) is 4.23. The van der Waals surface area contributed by atoms with Crippen LogP contribution in [0.3, 0.4) is 0 Å². The van der Waals surface area contributed by atoms with Gasteiger partial charge in [0.25, 0.3) is 0 Å². The van der Waals surface area contributed by atoms with Gasteiger partial charge in [-0.3, -0.25) is 9.88 Å². The van der Waals surface area contributed by atoms with Crippen LogP contribution in [0.15, 0.2) is 6.20 Å². The van der Waals surface area contributed by atoms with E-state index in [0.717, 1.165) is 36.6 Å². The average molecular weight is 277 g/mol. The lowest BCUT2D eigenvalue weighted by Crippen LogP contribution is -2.37. The first-order valence-electron chi connectivity index (χ1n) is 7.61. The van der Waals surface area contributed by atoms with Crippen LogP contribution in [0.2, 0.25) is 0 Å². The molecule has 1 N–H and O–H groups in total. The zero-order chi connectivity index (χ0) is 14.5. The van der Waals surface area contributed by atoms with Crippen LogP contribution < -0.4 is 10.1 Å². The summed E-state index contributed by atoms with van der Waals surface area (Å²) in [5.74, 6) is 0.984. The van der Waals surface area contributed by atoms with Gasteiger partial charge in [0.1, 0.15) is 5.75 Å². The minimum atomic E-state index is 0.642. The molecule has 0 saturated carbocycles. The molecule has 112 valence electrons. The zero-order valence-corrected chi connectivity index (χ0v) is 13.2. The van der Waals surface area contributed by atoms with Crippen LogP contribution in [-0.2, 0) is 6.54 Å². The van der Waals surface area contributed by atoms with Gasteiger partial charge in [-0.25, -0.2) is 0 Å². The molecule has 1 unspecified atom stereocenters. The summed E-state index contributed by atoms with van der Waals surface area (Å²) in [4.78, 5) is 7.17. The Bertz CT molecular complexity index is 448. The molecule has 1 aromatic heterocycles. The van der Waals surface area contributed by atoms with Crippen molar-refractivity contribution >= 4 is 0 Å². The average Bonchev–Trinajstić information content (AvgIpc) is 2.87. The topological polar surface area (TPSA) is 37.4 Å². The summed E-state index contributed by atoms with van der Waals surface area (Å²) in [5.41, 5.74) is 3.44. The largest absolute Gasteiger partial charge is 0.496 e. The molecule has 2 rings (SSSR count). The van der Waals surface area contributed by atoms with E-state index in [1.54, 1.807) is 7.11 Å². The molecule has 0 aliphatic carbocycles. The van der Waals surface area contributed by atoms with Crippen molar-refractivity contribution in [2.45, 2.75) is 46.2 Å². The lowest BCUT2D eigenvalue weighted by atomic mass is 10.1. The number of nitrogens with one attached hydrogen (secondary N) is 1. The number of likely N-dealkylation sites (N-methyl/N-ethyl adjacent to an activating group) is 1. The van der Waals surface area contributed by atoms with E-state index in [-0.39, 0.29) is 0 Å². The molecular formula is C16H27N3O. The Labute approximate surface area is 122 Å². The van der Waals surface area contributed by atoms with E-state index in [4.69, 9.17) is 4.74 Å². The van der Waals surface area contributed by atoms with Crippen molar-refractivity contribution in [2.75, 3.05) is 26.7 Å². The van der Waals surface area contributed by atoms with Crippen molar-refractivity contribution < 1.29 is 4.74 Å². The summed E-state index contributed by atoms with van der Waals surface area (Å²) in [6.07, 6.45) is 4.50. The number of methoxy groups -OCH3 is 1. The Hall–Kier alpha value is -1.13. The minimum Gasteiger partial charge on any atom is -0.496 e. The van der Waals surface area contributed by atoms with E-state index in [9.17, 15) is 0 Å². The Morgan fingerprint density at radius 3 is 2.95 bits per heavy atom. The van der Waals surface area contributed by atoms with Gasteiger partial charge in [0.2, 0.25) is 0 Å². The summed E-state index contributed by atoms with van der Waals surface area (Å²) >= 11 is 0. The number of rotatable bonds is 6. The van der Waals surface area contributed by atoms with Crippen molar-refractivity contribution in [1.82, 2.24) is 15.2 Å². The number of aromatic nitrogens is 1. The standard InChI is InChI=1S/C16H27N3O/c1-5-17-10-14-7-6-8-19(14)11-15-13(3)16(20-4)12(2)9-18-15/h9,14,17H,5-8,10-11H2,1-4H3. The van der Waals surface area contributed by atoms with E-state index in [2.05, 4.69) is 29.0 Å². The van der Waals surface area contributed by atoms with Crippen molar-refractivity contribution in [2.24, 2.45) is 0 Å². The van der Waals surface area contributed by atoms with Crippen LogP contribution in [0.25, 0.3) is 0 Å². The first-order valence-corrected chi connectivity index (χ1v) is 7.61. The fraction of sp³-hybridized carbons (Fsp3) is 0.688. The van der Waals surface area contributed by atoms with Crippen molar-refractivity contribution in [3.8, 4) is 5.75 Å². The summed E-state index contributed by atoms with van der Waals surface area (Å²) in [5, 5.41) is 3.47. The van der Waals surface area contributed by atoms with Crippen LogP contribution in [0, 0.1) is 13.8 Å². The number of ether oxygens (including phenoxy) is 1. The van der Waals surface area contributed by atoms with E-state index >= 15 is 0 Å². The molecule has 0 spiro atoms. The first kappa shape index (κ1) is 15.3. The van der Waals surface area contributed by atoms with Gasteiger partial charge in [0, 0.05) is 36.5 Å². The highest BCUT2D eigenvalue weighted by atomic mass is 16.5. The van der Waals surface area contributed by atoms with Gasteiger partial charge < -0.3 is 10.1 Å². The lowest BCUT2D eigenvalue weighted by Gasteiger charge is -2.25. The maximum absolute atomic E-state index is 5.50. The Balaban J connectivity index is 2.09. The smallest absolute Gasteiger partial charge is 0.128 e. The van der Waals surface area contributed by atoms with Gasteiger partial charge in [0.05, 0.1) is 12.8 Å². The van der Waals surface area contributed by atoms with E-state index in [0.29, 0.717) is 6.04 Å². The Morgan fingerprint density at radius 2 is 2.25 bits per heavy atom. The molecule has 1 saturated heterocycles. The third-order valence-corrected chi connectivity index (χ3v) is 4.23. The summed E-state index contributed by atoms with van der Waals surface area (Å²) in [7, 11) is 1.74. The number of pyridine rings is 1. The highest BCUT2D eigenvalue weighted by molar-refractivity contribution is 5.41. The molecule has 2 heterocycles. The minimum absolute atomic E-state index is 0.642. The van der Waals surface area contributed by atoms with E-state index < -0.39 is 0 Å². The number of hydrogen-bond acceptors (Lipinski definition) is 4. The van der Waals surface area contributed by atoms with Crippen molar-refractivity contribution in [3.05, 3.63) is 23.0 Å². The molecule has 1 aliphatic heterocycles. The van der Waals surface area contributed by atoms with Gasteiger partial charge >= 0.3 is 0 Å². The van der Waals surface area contributed by atoms with Gasteiger partial charge in [-0.05, 0) is 39.8 Å². The molecule has 1 aliphatic rings. The van der Waals surface area contributed by atoms with E-state index in [1.807, 2.05) is 13.1 Å². The number of likely N-dealkylation sites (tertiary alicyclic amines) is 1. The molecule has 20 heavy (non-hydrogen) atoms. The molecule has 1 fully saturated rings. The molecule has 4 heteroatoms. The second kappa shape index (κ2) is 7.04. The second-order valence-electron chi connectivity index (χ2n) is 5.62. The van der Waals surface area contributed by atoms with Crippen LogP contribution >= 0.6 is 0 Å². The lowest BCUT2D eigenvalue weighted by molar-refractivity contribution is 0.236. The van der Waals surface area contributed by atoms with Crippen molar-refractivity contribution in [3.63, 3.8) is 0 Å². The number of hydrogen-bond donors (Lipinski definition) is 1. The predicted octanol–water partition coefficient (Wildman–Crippen LogP) is 2.28. The van der Waals surface area contributed by atoms with E-state index in [1.165, 1.54) is 24.9 Å². The maximum atomic E-state index is 5.50. The highest BCUT2D eigenvalue weighted by Gasteiger charge is 2.25. The Kier molecular flexibility index (Phi) is 5.38. The monoisotopic (exact) mass is 277 g/mol. The number of aryl methyl sites for hydroxylation is 1. The van der Waals surface area contributed by atoms with Gasteiger partial charge in [-0.15, -0.1) is 0 Å². The molecule has 0 bridgehead atoms. The fourth-order valence-corrected chi connectivity index (χ4v) is 3.07. The third kappa shape index (κ3) is 3.30. The van der Waals surface area contributed by atoms with Gasteiger partial charge in [0.15, 0.2) is 0 Å². The van der Waals surface area contributed by atoms with Crippen LogP contribution in [-0.4, -0.2) is 42.7 Å². The SMILES string of the molecule is CCNCC1CCCN1Cc1ncc(C)c(OC)c1C. The maximum Gasteiger partial charge on any atom is 0.128 e. The molecule has 0 aromatic carbocycles. The van der Waals surface area contributed by atoms with Gasteiger partial charge in [-0.1, -0.05) is 6.92 Å². The second-order valence-corrected chi connectivity index (χ2v) is 5.62. The quantitative estimate of drug-likeness (QED) is 0.865. The van der Waals surface area contributed by atoms with Crippen LogP contribution in [0.5, 0.6) is 5.75 Å². The summed E-state index contributed by atoms with van der Waals surface area (Å²) in [6, 6.07) is 0.642. The Morgan fingerprint density at radius 1 is 1.45 bits per heavy atom. The molecule has 1 aromatic rings. The van der Waals surface area contributed by atoms with Crippen LogP contribution in [0.4, 0.5) is 0 Å².